The maximum atomic E-state index is 13.2. The number of rotatable bonds is 4. The highest BCUT2D eigenvalue weighted by atomic mass is 79.9. The van der Waals surface area contributed by atoms with Crippen molar-refractivity contribution in [2.45, 2.75) is 20.0 Å². The Kier molecular flexibility index (Phi) is 3.92. The van der Waals surface area contributed by atoms with Crippen LogP contribution in [0.15, 0.2) is 46.9 Å². The number of hydrogen-bond donors (Lipinski definition) is 1. The number of fused-ring (bicyclic) bond motifs is 1. The number of halogens is 2. The van der Waals surface area contributed by atoms with Crippen LogP contribution in [0.4, 0.5) is 10.1 Å². The lowest BCUT2D eigenvalue weighted by Crippen LogP contribution is -2.08. The van der Waals surface area contributed by atoms with Crippen molar-refractivity contribution < 1.29 is 4.39 Å². The molecule has 1 N–H and O–H groups in total. The SMILES string of the molecule is CCn1c(CNc2ccc(F)c(Br)c2)nc2ccccc21. The molecule has 1 aromatic heterocycles. The van der Waals surface area contributed by atoms with Crippen molar-refractivity contribution in [2.24, 2.45) is 0 Å². The van der Waals surface area contributed by atoms with E-state index in [1.54, 1.807) is 12.1 Å². The number of anilines is 1. The molecule has 3 rings (SSSR count). The molecule has 0 saturated heterocycles. The van der Waals surface area contributed by atoms with Crippen LogP contribution in [0.1, 0.15) is 12.7 Å². The van der Waals surface area contributed by atoms with E-state index in [0.717, 1.165) is 29.1 Å². The molecular weight excluding hydrogens is 333 g/mol. The molecule has 21 heavy (non-hydrogen) atoms. The van der Waals surface area contributed by atoms with E-state index in [0.29, 0.717) is 11.0 Å². The fourth-order valence-corrected chi connectivity index (χ4v) is 2.78. The quantitative estimate of drug-likeness (QED) is 0.749. The molecule has 5 heteroatoms. The number of aromatic nitrogens is 2. The van der Waals surface area contributed by atoms with Gasteiger partial charge in [0.1, 0.15) is 11.6 Å². The largest absolute Gasteiger partial charge is 0.378 e. The van der Waals surface area contributed by atoms with Crippen LogP contribution in [0.3, 0.4) is 0 Å². The van der Waals surface area contributed by atoms with Gasteiger partial charge in [-0.1, -0.05) is 12.1 Å². The number of nitrogens with zero attached hydrogens (tertiary/aromatic N) is 2. The summed E-state index contributed by atoms with van der Waals surface area (Å²) in [5, 5.41) is 3.28. The highest BCUT2D eigenvalue weighted by Gasteiger charge is 2.09. The van der Waals surface area contributed by atoms with E-state index in [2.05, 4.69) is 43.8 Å². The molecule has 0 bridgehead atoms. The summed E-state index contributed by atoms with van der Waals surface area (Å²) >= 11 is 3.19. The third kappa shape index (κ3) is 2.78. The molecule has 3 nitrogen and oxygen atoms in total. The van der Waals surface area contributed by atoms with Gasteiger partial charge in [0.25, 0.3) is 0 Å². The fraction of sp³-hybridized carbons (Fsp3) is 0.188. The number of para-hydroxylation sites is 2. The summed E-state index contributed by atoms with van der Waals surface area (Å²) in [6.45, 7) is 3.57. The van der Waals surface area contributed by atoms with Crippen molar-refractivity contribution in [1.82, 2.24) is 9.55 Å². The summed E-state index contributed by atoms with van der Waals surface area (Å²) in [5.74, 6) is 0.709. The summed E-state index contributed by atoms with van der Waals surface area (Å²) < 4.78 is 15.9. The van der Waals surface area contributed by atoms with Crippen LogP contribution in [0.2, 0.25) is 0 Å². The highest BCUT2D eigenvalue weighted by Crippen LogP contribution is 2.21. The van der Waals surface area contributed by atoms with Crippen LogP contribution < -0.4 is 5.32 Å². The van der Waals surface area contributed by atoms with Crippen LogP contribution in [0.5, 0.6) is 0 Å². The average Bonchev–Trinajstić information content (AvgIpc) is 2.86. The second kappa shape index (κ2) is 5.85. The Labute approximate surface area is 130 Å². The van der Waals surface area contributed by atoms with Gasteiger partial charge < -0.3 is 9.88 Å². The molecule has 0 aliphatic heterocycles. The lowest BCUT2D eigenvalue weighted by Gasteiger charge is -2.09. The van der Waals surface area contributed by atoms with Gasteiger partial charge in [-0.25, -0.2) is 9.37 Å². The molecule has 1 heterocycles. The number of hydrogen-bond acceptors (Lipinski definition) is 2. The van der Waals surface area contributed by atoms with Crippen molar-refractivity contribution >= 4 is 32.7 Å². The van der Waals surface area contributed by atoms with E-state index in [1.807, 2.05) is 18.2 Å². The number of imidazole rings is 1. The van der Waals surface area contributed by atoms with Crippen molar-refractivity contribution in [3.63, 3.8) is 0 Å². The highest BCUT2D eigenvalue weighted by molar-refractivity contribution is 9.10. The van der Waals surface area contributed by atoms with Gasteiger partial charge >= 0.3 is 0 Å². The van der Waals surface area contributed by atoms with Gasteiger partial charge in [0.15, 0.2) is 0 Å². The summed E-state index contributed by atoms with van der Waals surface area (Å²) in [5.41, 5.74) is 2.99. The predicted octanol–water partition coefficient (Wildman–Crippen LogP) is 4.57. The maximum Gasteiger partial charge on any atom is 0.137 e. The lowest BCUT2D eigenvalue weighted by molar-refractivity contribution is 0.621. The molecular formula is C16H15BrFN3. The van der Waals surface area contributed by atoms with E-state index in [-0.39, 0.29) is 5.82 Å². The van der Waals surface area contributed by atoms with Gasteiger partial charge in [-0.2, -0.15) is 0 Å². The second-order valence-electron chi connectivity index (χ2n) is 4.74. The van der Waals surface area contributed by atoms with E-state index in [9.17, 15) is 4.39 Å². The molecule has 108 valence electrons. The first-order chi connectivity index (χ1) is 10.2. The topological polar surface area (TPSA) is 29.9 Å². The van der Waals surface area contributed by atoms with E-state index in [1.165, 1.54) is 6.07 Å². The average molecular weight is 348 g/mol. The van der Waals surface area contributed by atoms with Crippen molar-refractivity contribution in [3.8, 4) is 0 Å². The minimum absolute atomic E-state index is 0.263. The van der Waals surface area contributed by atoms with Gasteiger partial charge in [-0.3, -0.25) is 0 Å². The lowest BCUT2D eigenvalue weighted by atomic mass is 10.3. The van der Waals surface area contributed by atoms with Crippen LogP contribution in [-0.4, -0.2) is 9.55 Å². The summed E-state index contributed by atoms with van der Waals surface area (Å²) in [6, 6.07) is 13.0. The maximum absolute atomic E-state index is 13.2. The third-order valence-corrected chi connectivity index (χ3v) is 4.03. The Bertz CT molecular complexity index is 782. The van der Waals surface area contributed by atoms with Crippen LogP contribution in [0, 0.1) is 5.82 Å². The smallest absolute Gasteiger partial charge is 0.137 e. The molecule has 0 fully saturated rings. The first-order valence-corrected chi connectivity index (χ1v) is 7.61. The first-order valence-electron chi connectivity index (χ1n) is 6.82. The number of aryl methyl sites for hydroxylation is 1. The fourth-order valence-electron chi connectivity index (χ4n) is 2.40. The van der Waals surface area contributed by atoms with E-state index in [4.69, 9.17) is 0 Å². The standard InChI is InChI=1S/C16H15BrFN3/c1-2-21-15-6-4-3-5-14(15)20-16(21)10-19-11-7-8-13(18)12(17)9-11/h3-9,19H,2,10H2,1H3. The summed E-state index contributed by atoms with van der Waals surface area (Å²) in [4.78, 5) is 4.65. The molecule has 0 saturated carbocycles. The molecule has 0 amide bonds. The normalized spacial score (nSPS) is 11.0. The van der Waals surface area contributed by atoms with Crippen LogP contribution in [-0.2, 0) is 13.1 Å². The Balaban J connectivity index is 1.86. The van der Waals surface area contributed by atoms with Gasteiger partial charge in [0.2, 0.25) is 0 Å². The molecule has 3 aromatic rings. The van der Waals surface area contributed by atoms with Gasteiger partial charge in [0, 0.05) is 12.2 Å². The molecule has 0 aliphatic rings. The molecule has 0 unspecified atom stereocenters. The summed E-state index contributed by atoms with van der Waals surface area (Å²) in [7, 11) is 0. The Morgan fingerprint density at radius 2 is 2.05 bits per heavy atom. The van der Waals surface area contributed by atoms with Gasteiger partial charge in [0.05, 0.1) is 22.1 Å². The van der Waals surface area contributed by atoms with Crippen LogP contribution in [0.25, 0.3) is 11.0 Å². The zero-order valence-electron chi connectivity index (χ0n) is 11.6. The zero-order chi connectivity index (χ0) is 14.8. The minimum atomic E-state index is -0.263. The Morgan fingerprint density at radius 1 is 1.24 bits per heavy atom. The third-order valence-electron chi connectivity index (χ3n) is 3.42. The van der Waals surface area contributed by atoms with E-state index >= 15 is 0 Å². The second-order valence-corrected chi connectivity index (χ2v) is 5.60. The monoisotopic (exact) mass is 347 g/mol. The number of benzene rings is 2. The van der Waals surface area contributed by atoms with E-state index < -0.39 is 0 Å². The van der Waals surface area contributed by atoms with Crippen LogP contribution >= 0.6 is 15.9 Å². The van der Waals surface area contributed by atoms with Gasteiger partial charge in [-0.15, -0.1) is 0 Å². The summed E-state index contributed by atoms with van der Waals surface area (Å²) in [6.07, 6.45) is 0. The molecule has 0 radical (unpaired) electrons. The van der Waals surface area contributed by atoms with Crippen molar-refractivity contribution in [1.29, 1.82) is 0 Å². The molecule has 0 aliphatic carbocycles. The molecule has 0 spiro atoms. The minimum Gasteiger partial charge on any atom is -0.378 e. The molecule has 2 aromatic carbocycles. The zero-order valence-corrected chi connectivity index (χ0v) is 13.2. The first kappa shape index (κ1) is 14.1. The predicted molar refractivity (Wildman–Crippen MR) is 86.8 cm³/mol. The van der Waals surface area contributed by atoms with Gasteiger partial charge in [-0.05, 0) is 53.2 Å². The molecule has 0 atom stereocenters. The number of nitrogens with one attached hydrogen (secondary N) is 1. The Morgan fingerprint density at radius 3 is 2.81 bits per heavy atom. The Hall–Kier alpha value is -1.88. The van der Waals surface area contributed by atoms with Crippen molar-refractivity contribution in [2.75, 3.05) is 5.32 Å². The van der Waals surface area contributed by atoms with Crippen molar-refractivity contribution in [3.05, 3.63) is 58.6 Å².